The van der Waals surface area contributed by atoms with Gasteiger partial charge in [0.1, 0.15) is 5.82 Å². The Bertz CT molecular complexity index is 803. The summed E-state index contributed by atoms with van der Waals surface area (Å²) < 4.78 is 0. The Hall–Kier alpha value is -2.14. The number of carbonyl (C=O) groups excluding carboxylic acids is 1. The third-order valence-corrected chi connectivity index (χ3v) is 5.96. The lowest BCUT2D eigenvalue weighted by Gasteiger charge is -2.37. The van der Waals surface area contributed by atoms with Crippen LogP contribution < -0.4 is 5.32 Å². The molecule has 2 aromatic rings. The van der Waals surface area contributed by atoms with Crippen molar-refractivity contribution in [2.45, 2.75) is 33.6 Å². The zero-order valence-corrected chi connectivity index (χ0v) is 17.8. The van der Waals surface area contributed by atoms with Crippen LogP contribution in [0.4, 0.5) is 0 Å². The van der Waals surface area contributed by atoms with Gasteiger partial charge in [-0.05, 0) is 63.2 Å². The molecule has 1 aliphatic carbocycles. The Labute approximate surface area is 168 Å². The van der Waals surface area contributed by atoms with Crippen LogP contribution in [-0.4, -0.2) is 48.0 Å². The summed E-state index contributed by atoms with van der Waals surface area (Å²) in [5, 5.41) is 3.13. The van der Waals surface area contributed by atoms with Crippen molar-refractivity contribution in [3.63, 3.8) is 0 Å². The largest absolute Gasteiger partial charge is 0.354 e. The number of rotatable bonds is 7. The number of benzene rings is 1. The number of fused-ring (bicyclic) bond motifs is 1. The maximum absolute atomic E-state index is 12.1. The number of nitrogens with one attached hydrogen (secondary N) is 2. The summed E-state index contributed by atoms with van der Waals surface area (Å²) in [4.78, 5) is 22.2. The molecule has 5 nitrogen and oxygen atoms in total. The molecule has 3 atom stereocenters. The van der Waals surface area contributed by atoms with Crippen LogP contribution in [-0.2, 0) is 11.2 Å². The lowest BCUT2D eigenvalue weighted by molar-refractivity contribution is -0.121. The zero-order valence-electron chi connectivity index (χ0n) is 17.8. The fourth-order valence-corrected chi connectivity index (χ4v) is 4.42. The van der Waals surface area contributed by atoms with Gasteiger partial charge in [-0.15, -0.1) is 0 Å². The third kappa shape index (κ3) is 5.02. The van der Waals surface area contributed by atoms with Crippen LogP contribution in [0.3, 0.4) is 0 Å². The number of likely N-dealkylation sites (N-methyl/N-ethyl adjacent to an activating group) is 1. The van der Waals surface area contributed by atoms with Crippen LogP contribution >= 0.6 is 0 Å². The number of hydrogen-bond donors (Lipinski definition) is 2. The van der Waals surface area contributed by atoms with Gasteiger partial charge in [0.15, 0.2) is 0 Å². The Morgan fingerprint density at radius 1 is 1.32 bits per heavy atom. The zero-order chi connectivity index (χ0) is 20.3. The molecule has 0 bridgehead atoms. The minimum atomic E-state index is 0.1000. The van der Waals surface area contributed by atoms with Gasteiger partial charge in [-0.2, -0.15) is 0 Å². The molecule has 152 valence electrons. The van der Waals surface area contributed by atoms with E-state index in [0.717, 1.165) is 36.2 Å². The van der Waals surface area contributed by atoms with E-state index < -0.39 is 0 Å². The molecule has 0 aliphatic heterocycles. The molecule has 5 heteroatoms. The standard InChI is InChI=1S/C23H34N4O/c1-15(2)19-11-17(12-22-25-20-8-6-7-9-21(20)26-22)16(3)10-18(19)13-24-23(28)14-27(4)5/h6-10,15,17-19H,11-14H2,1-5H3,(H,24,28)(H,25,26). The summed E-state index contributed by atoms with van der Waals surface area (Å²) in [5.74, 6) is 3.22. The summed E-state index contributed by atoms with van der Waals surface area (Å²) in [6.45, 7) is 8.00. The van der Waals surface area contributed by atoms with Gasteiger partial charge in [-0.3, -0.25) is 4.79 Å². The SMILES string of the molecule is CC1=CC(CNC(=O)CN(C)C)C(C(C)C)CC1Cc1nc2ccccc2[nH]1. The summed E-state index contributed by atoms with van der Waals surface area (Å²) in [7, 11) is 3.84. The van der Waals surface area contributed by atoms with Crippen molar-refractivity contribution >= 4 is 16.9 Å². The highest BCUT2D eigenvalue weighted by Crippen LogP contribution is 2.38. The normalized spacial score (nSPS) is 22.7. The molecule has 1 aliphatic rings. The van der Waals surface area contributed by atoms with Gasteiger partial charge in [0, 0.05) is 13.0 Å². The quantitative estimate of drug-likeness (QED) is 0.719. The Morgan fingerprint density at radius 2 is 2.07 bits per heavy atom. The van der Waals surface area contributed by atoms with E-state index in [1.54, 1.807) is 0 Å². The minimum absolute atomic E-state index is 0.1000. The average Bonchev–Trinajstić information content (AvgIpc) is 3.03. The van der Waals surface area contributed by atoms with E-state index in [-0.39, 0.29) is 5.91 Å². The summed E-state index contributed by atoms with van der Waals surface area (Å²) in [6.07, 6.45) is 4.49. The van der Waals surface area contributed by atoms with Crippen molar-refractivity contribution in [1.29, 1.82) is 0 Å². The topological polar surface area (TPSA) is 61.0 Å². The number of para-hydroxylation sites is 2. The molecule has 1 amide bonds. The van der Waals surface area contributed by atoms with E-state index in [1.165, 1.54) is 5.57 Å². The number of aromatic nitrogens is 2. The monoisotopic (exact) mass is 382 g/mol. The second kappa shape index (κ2) is 8.91. The minimum Gasteiger partial charge on any atom is -0.354 e. The van der Waals surface area contributed by atoms with E-state index >= 15 is 0 Å². The number of aromatic amines is 1. The highest BCUT2D eigenvalue weighted by molar-refractivity contribution is 5.78. The summed E-state index contributed by atoms with van der Waals surface area (Å²) >= 11 is 0. The molecule has 1 aromatic heterocycles. The van der Waals surface area contributed by atoms with E-state index in [1.807, 2.05) is 31.1 Å². The Morgan fingerprint density at radius 3 is 2.75 bits per heavy atom. The Kier molecular flexibility index (Phi) is 6.55. The van der Waals surface area contributed by atoms with Crippen molar-refractivity contribution in [2.24, 2.45) is 23.7 Å². The molecule has 3 rings (SSSR count). The van der Waals surface area contributed by atoms with Crippen molar-refractivity contribution in [2.75, 3.05) is 27.2 Å². The first kappa shape index (κ1) is 20.6. The molecular weight excluding hydrogens is 348 g/mol. The second-order valence-electron chi connectivity index (χ2n) is 8.86. The molecule has 0 saturated carbocycles. The van der Waals surface area contributed by atoms with Crippen LogP contribution in [0.25, 0.3) is 11.0 Å². The molecule has 28 heavy (non-hydrogen) atoms. The van der Waals surface area contributed by atoms with Gasteiger partial charge in [0.2, 0.25) is 5.91 Å². The van der Waals surface area contributed by atoms with Crippen molar-refractivity contribution in [1.82, 2.24) is 20.2 Å². The van der Waals surface area contributed by atoms with Crippen LogP contribution in [0, 0.1) is 23.7 Å². The van der Waals surface area contributed by atoms with Crippen molar-refractivity contribution in [3.05, 3.63) is 41.7 Å². The fraction of sp³-hybridized carbons (Fsp3) is 0.565. The fourth-order valence-electron chi connectivity index (χ4n) is 4.42. The number of nitrogens with zero attached hydrogens (tertiary/aromatic N) is 2. The summed E-state index contributed by atoms with van der Waals surface area (Å²) in [6, 6.07) is 8.21. The van der Waals surface area contributed by atoms with Gasteiger partial charge in [-0.1, -0.05) is 37.6 Å². The predicted octanol–water partition coefficient (Wildman–Crippen LogP) is 3.64. The van der Waals surface area contributed by atoms with E-state index in [2.05, 4.69) is 49.3 Å². The molecule has 0 fully saturated rings. The first-order valence-electron chi connectivity index (χ1n) is 10.4. The van der Waals surface area contributed by atoms with Crippen molar-refractivity contribution < 1.29 is 4.79 Å². The van der Waals surface area contributed by atoms with Crippen molar-refractivity contribution in [3.8, 4) is 0 Å². The van der Waals surface area contributed by atoms with Crippen LogP contribution in [0.1, 0.15) is 33.0 Å². The van der Waals surface area contributed by atoms with Crippen LogP contribution in [0.5, 0.6) is 0 Å². The smallest absolute Gasteiger partial charge is 0.234 e. The molecule has 0 spiro atoms. The van der Waals surface area contributed by atoms with Crippen LogP contribution in [0.2, 0.25) is 0 Å². The highest BCUT2D eigenvalue weighted by Gasteiger charge is 2.32. The number of H-pyrrole nitrogens is 1. The highest BCUT2D eigenvalue weighted by atomic mass is 16.2. The molecule has 3 unspecified atom stereocenters. The number of imidazole rings is 1. The number of allylic oxidation sites excluding steroid dienone is 1. The first-order chi connectivity index (χ1) is 13.3. The van der Waals surface area contributed by atoms with Gasteiger partial charge >= 0.3 is 0 Å². The van der Waals surface area contributed by atoms with Gasteiger partial charge in [0.05, 0.1) is 17.6 Å². The average molecular weight is 383 g/mol. The predicted molar refractivity (Wildman–Crippen MR) is 115 cm³/mol. The maximum atomic E-state index is 12.1. The van der Waals surface area contributed by atoms with Gasteiger partial charge < -0.3 is 15.2 Å². The van der Waals surface area contributed by atoms with E-state index in [9.17, 15) is 4.79 Å². The second-order valence-corrected chi connectivity index (χ2v) is 8.86. The summed E-state index contributed by atoms with van der Waals surface area (Å²) in [5.41, 5.74) is 3.57. The van der Waals surface area contributed by atoms with Gasteiger partial charge in [0.25, 0.3) is 0 Å². The molecule has 0 saturated heterocycles. The third-order valence-electron chi connectivity index (χ3n) is 5.96. The Balaban J connectivity index is 1.69. The van der Waals surface area contributed by atoms with Crippen LogP contribution in [0.15, 0.2) is 35.9 Å². The molecule has 1 heterocycles. The molecule has 2 N–H and O–H groups in total. The lowest BCUT2D eigenvalue weighted by atomic mass is 9.70. The van der Waals surface area contributed by atoms with Gasteiger partial charge in [-0.25, -0.2) is 4.98 Å². The molecular formula is C23H34N4O. The number of amides is 1. The number of hydrogen-bond acceptors (Lipinski definition) is 3. The molecule has 1 aromatic carbocycles. The first-order valence-corrected chi connectivity index (χ1v) is 10.4. The maximum Gasteiger partial charge on any atom is 0.234 e. The van der Waals surface area contributed by atoms with E-state index in [0.29, 0.717) is 30.2 Å². The lowest BCUT2D eigenvalue weighted by Crippen LogP contribution is -2.40. The molecule has 0 radical (unpaired) electrons. The van der Waals surface area contributed by atoms with E-state index in [4.69, 9.17) is 4.98 Å². The number of carbonyl (C=O) groups is 1.